The molecular formula is C15H19BrFNO3. The molecule has 116 valence electrons. The van der Waals surface area contributed by atoms with E-state index in [1.54, 1.807) is 17.0 Å². The predicted octanol–water partition coefficient (Wildman–Crippen LogP) is 3.90. The maximum absolute atomic E-state index is 14.0. The fourth-order valence-corrected chi connectivity index (χ4v) is 2.43. The molecule has 1 aromatic carbocycles. The van der Waals surface area contributed by atoms with Crippen molar-refractivity contribution in [1.82, 2.24) is 4.90 Å². The quantitative estimate of drug-likeness (QED) is 0.763. The molecule has 1 heterocycles. The van der Waals surface area contributed by atoms with E-state index >= 15 is 0 Å². The molecule has 1 fully saturated rings. The fraction of sp³-hybridized carbons (Fsp3) is 0.533. The number of hydrogen-bond donors (Lipinski definition) is 0. The molecule has 1 saturated heterocycles. The lowest BCUT2D eigenvalue weighted by Gasteiger charge is -2.34. The first-order chi connectivity index (χ1) is 9.76. The molecule has 1 amide bonds. The van der Waals surface area contributed by atoms with Gasteiger partial charge >= 0.3 is 6.09 Å². The van der Waals surface area contributed by atoms with E-state index in [9.17, 15) is 9.18 Å². The van der Waals surface area contributed by atoms with Gasteiger partial charge in [-0.3, -0.25) is 0 Å². The second-order valence-electron chi connectivity index (χ2n) is 5.95. The highest BCUT2D eigenvalue weighted by molar-refractivity contribution is 9.10. The van der Waals surface area contributed by atoms with Gasteiger partial charge < -0.3 is 14.4 Å². The van der Waals surface area contributed by atoms with Crippen LogP contribution in [0.15, 0.2) is 22.7 Å². The van der Waals surface area contributed by atoms with Crippen LogP contribution in [0, 0.1) is 5.82 Å². The van der Waals surface area contributed by atoms with Crippen molar-refractivity contribution in [3.8, 4) is 0 Å². The highest BCUT2D eigenvalue weighted by Gasteiger charge is 2.30. The van der Waals surface area contributed by atoms with E-state index < -0.39 is 17.8 Å². The van der Waals surface area contributed by atoms with Gasteiger partial charge in [0.1, 0.15) is 17.5 Å². The number of halogens is 2. The number of carbonyl (C=O) groups excluding carboxylic acids is 1. The van der Waals surface area contributed by atoms with Crippen molar-refractivity contribution in [3.63, 3.8) is 0 Å². The molecule has 6 heteroatoms. The van der Waals surface area contributed by atoms with E-state index in [-0.39, 0.29) is 12.4 Å². The van der Waals surface area contributed by atoms with Crippen LogP contribution in [0.3, 0.4) is 0 Å². The first-order valence-corrected chi connectivity index (χ1v) is 7.60. The van der Waals surface area contributed by atoms with Gasteiger partial charge in [0.15, 0.2) is 0 Å². The molecule has 21 heavy (non-hydrogen) atoms. The van der Waals surface area contributed by atoms with Crippen molar-refractivity contribution in [1.29, 1.82) is 0 Å². The van der Waals surface area contributed by atoms with Crippen LogP contribution in [-0.2, 0) is 9.47 Å². The minimum atomic E-state index is -0.548. The number of ether oxygens (including phenoxy) is 2. The minimum absolute atomic E-state index is 0.285. The molecule has 0 spiro atoms. The Kier molecular flexibility index (Phi) is 4.88. The molecule has 0 saturated carbocycles. The first-order valence-electron chi connectivity index (χ1n) is 6.81. The lowest BCUT2D eigenvalue weighted by atomic mass is 10.1. The summed E-state index contributed by atoms with van der Waals surface area (Å²) >= 11 is 3.22. The van der Waals surface area contributed by atoms with E-state index in [2.05, 4.69) is 15.9 Å². The first kappa shape index (κ1) is 16.2. The zero-order chi connectivity index (χ0) is 15.6. The molecule has 0 bridgehead atoms. The van der Waals surface area contributed by atoms with E-state index in [4.69, 9.17) is 9.47 Å². The molecule has 1 aromatic rings. The molecule has 0 aliphatic carbocycles. The van der Waals surface area contributed by atoms with E-state index in [0.29, 0.717) is 23.2 Å². The topological polar surface area (TPSA) is 38.8 Å². The molecule has 4 nitrogen and oxygen atoms in total. The smallest absolute Gasteiger partial charge is 0.410 e. The van der Waals surface area contributed by atoms with Crippen molar-refractivity contribution in [2.75, 3.05) is 19.7 Å². The third-order valence-electron chi connectivity index (χ3n) is 3.03. The lowest BCUT2D eigenvalue weighted by Crippen LogP contribution is -2.44. The van der Waals surface area contributed by atoms with Gasteiger partial charge in [-0.15, -0.1) is 0 Å². The third kappa shape index (κ3) is 4.41. The van der Waals surface area contributed by atoms with Crippen LogP contribution in [-0.4, -0.2) is 36.3 Å². The summed E-state index contributed by atoms with van der Waals surface area (Å²) in [6.07, 6.45) is -0.868. The standard InChI is InChI=1S/C15H19BrFNO3/c1-15(2,3)21-14(19)18-6-7-20-13(9-18)11-5-4-10(16)8-12(11)17/h4-5,8,13H,6-7,9H2,1-3H3/t13-/m0/s1. The van der Waals surface area contributed by atoms with Gasteiger partial charge in [-0.1, -0.05) is 22.0 Å². The van der Waals surface area contributed by atoms with Gasteiger partial charge in [0.2, 0.25) is 0 Å². The summed E-state index contributed by atoms with van der Waals surface area (Å²) in [5.74, 6) is -0.347. The number of carbonyl (C=O) groups is 1. The highest BCUT2D eigenvalue weighted by atomic mass is 79.9. The number of nitrogens with zero attached hydrogens (tertiary/aromatic N) is 1. The van der Waals surface area contributed by atoms with Crippen LogP contribution < -0.4 is 0 Å². The van der Waals surface area contributed by atoms with Crippen molar-refractivity contribution in [2.45, 2.75) is 32.5 Å². The third-order valence-corrected chi connectivity index (χ3v) is 3.52. The summed E-state index contributed by atoms with van der Waals surface area (Å²) in [7, 11) is 0. The van der Waals surface area contributed by atoms with Gasteiger partial charge in [-0.05, 0) is 32.9 Å². The number of amides is 1. The van der Waals surface area contributed by atoms with Crippen molar-refractivity contribution >= 4 is 22.0 Å². The van der Waals surface area contributed by atoms with Gasteiger partial charge in [0.25, 0.3) is 0 Å². The van der Waals surface area contributed by atoms with Gasteiger partial charge in [0.05, 0.1) is 13.2 Å². The molecule has 1 aliphatic heterocycles. The molecular weight excluding hydrogens is 341 g/mol. The van der Waals surface area contributed by atoms with Crippen molar-refractivity contribution in [3.05, 3.63) is 34.1 Å². The normalized spacial score (nSPS) is 19.5. The number of morpholine rings is 1. The summed E-state index contributed by atoms with van der Waals surface area (Å²) in [5.41, 5.74) is -0.0974. The van der Waals surface area contributed by atoms with Gasteiger partial charge in [-0.2, -0.15) is 0 Å². The molecule has 2 rings (SSSR count). The van der Waals surface area contributed by atoms with Gasteiger partial charge in [-0.25, -0.2) is 9.18 Å². The van der Waals surface area contributed by atoms with Crippen LogP contribution in [0.1, 0.15) is 32.4 Å². The summed E-state index contributed by atoms with van der Waals surface area (Å²) in [6, 6.07) is 4.82. The van der Waals surface area contributed by atoms with Crippen LogP contribution in [0.25, 0.3) is 0 Å². The Bertz CT molecular complexity index is 530. The molecule has 0 radical (unpaired) electrons. The maximum Gasteiger partial charge on any atom is 0.410 e. The van der Waals surface area contributed by atoms with Crippen LogP contribution >= 0.6 is 15.9 Å². The second kappa shape index (κ2) is 6.32. The Morgan fingerprint density at radius 1 is 1.48 bits per heavy atom. The average molecular weight is 360 g/mol. The minimum Gasteiger partial charge on any atom is -0.444 e. The van der Waals surface area contributed by atoms with Crippen molar-refractivity contribution < 1.29 is 18.7 Å². The molecule has 0 N–H and O–H groups in total. The summed E-state index contributed by atoms with van der Waals surface area (Å²) < 4.78 is 25.6. The van der Waals surface area contributed by atoms with Crippen molar-refractivity contribution in [2.24, 2.45) is 0 Å². The average Bonchev–Trinajstić information content (AvgIpc) is 2.37. The number of hydrogen-bond acceptors (Lipinski definition) is 3. The van der Waals surface area contributed by atoms with Gasteiger partial charge in [0, 0.05) is 16.6 Å². The van der Waals surface area contributed by atoms with E-state index in [1.807, 2.05) is 20.8 Å². The van der Waals surface area contributed by atoms with E-state index in [1.165, 1.54) is 6.07 Å². The Hall–Kier alpha value is -1.14. The zero-order valence-electron chi connectivity index (χ0n) is 12.4. The number of rotatable bonds is 1. The second-order valence-corrected chi connectivity index (χ2v) is 6.87. The van der Waals surface area contributed by atoms with Crippen LogP contribution in [0.2, 0.25) is 0 Å². The van der Waals surface area contributed by atoms with E-state index in [0.717, 1.165) is 0 Å². The Morgan fingerprint density at radius 3 is 2.81 bits per heavy atom. The summed E-state index contributed by atoms with van der Waals surface area (Å²) in [5, 5.41) is 0. The Balaban J connectivity index is 2.08. The fourth-order valence-electron chi connectivity index (χ4n) is 2.09. The molecule has 0 unspecified atom stereocenters. The highest BCUT2D eigenvalue weighted by Crippen LogP contribution is 2.27. The Morgan fingerprint density at radius 2 is 2.19 bits per heavy atom. The molecule has 1 aliphatic rings. The predicted molar refractivity (Wildman–Crippen MR) is 80.6 cm³/mol. The summed E-state index contributed by atoms with van der Waals surface area (Å²) in [6.45, 7) is 6.54. The molecule has 0 aromatic heterocycles. The monoisotopic (exact) mass is 359 g/mol. The van der Waals surface area contributed by atoms with Crippen LogP contribution in [0.4, 0.5) is 9.18 Å². The Labute approximate surface area is 132 Å². The maximum atomic E-state index is 14.0. The zero-order valence-corrected chi connectivity index (χ0v) is 13.9. The molecule has 1 atom stereocenters. The largest absolute Gasteiger partial charge is 0.444 e. The van der Waals surface area contributed by atoms with Crippen LogP contribution in [0.5, 0.6) is 0 Å². The SMILES string of the molecule is CC(C)(C)OC(=O)N1CCO[C@H](c2ccc(Br)cc2F)C1. The number of benzene rings is 1. The lowest BCUT2D eigenvalue weighted by molar-refractivity contribution is -0.0443. The summed E-state index contributed by atoms with van der Waals surface area (Å²) in [4.78, 5) is 13.6.